The van der Waals surface area contributed by atoms with Gasteiger partial charge in [-0.25, -0.2) is 9.37 Å². The summed E-state index contributed by atoms with van der Waals surface area (Å²) < 4.78 is 13.5. The van der Waals surface area contributed by atoms with Crippen molar-refractivity contribution in [2.24, 2.45) is 0 Å². The average Bonchev–Trinajstić information content (AvgIpc) is 2.43. The largest absolute Gasteiger partial charge is 0.372 e. The lowest BCUT2D eigenvalue weighted by molar-refractivity contribution is 0.102. The number of aryl methyl sites for hydroxylation is 1. The summed E-state index contributed by atoms with van der Waals surface area (Å²) >= 11 is 0. The summed E-state index contributed by atoms with van der Waals surface area (Å²) in [6.07, 6.45) is 2.81. The van der Waals surface area contributed by atoms with E-state index in [0.717, 1.165) is 5.56 Å². The van der Waals surface area contributed by atoms with Crippen LogP contribution >= 0.6 is 0 Å². The molecule has 0 spiro atoms. The van der Waals surface area contributed by atoms with Crippen molar-refractivity contribution >= 4 is 17.4 Å². The fourth-order valence-corrected chi connectivity index (χ4v) is 1.52. The number of aromatic nitrogens is 2. The second kappa shape index (κ2) is 5.43. The number of anilines is 2. The summed E-state index contributed by atoms with van der Waals surface area (Å²) in [7, 11) is 1.67. The summed E-state index contributed by atoms with van der Waals surface area (Å²) in [6, 6.07) is 4.50. The van der Waals surface area contributed by atoms with E-state index in [2.05, 4.69) is 20.6 Å². The minimum Gasteiger partial charge on any atom is -0.372 e. The molecular formula is C13H13FN4O. The van der Waals surface area contributed by atoms with E-state index in [1.165, 1.54) is 18.5 Å². The molecule has 0 saturated heterocycles. The molecule has 5 nitrogen and oxygen atoms in total. The molecule has 1 aromatic heterocycles. The van der Waals surface area contributed by atoms with Crippen molar-refractivity contribution in [1.82, 2.24) is 9.97 Å². The van der Waals surface area contributed by atoms with Gasteiger partial charge in [0.05, 0.1) is 18.1 Å². The number of hydrogen-bond donors (Lipinski definition) is 2. The Hall–Kier alpha value is -2.50. The number of halogens is 1. The third-order valence-corrected chi connectivity index (χ3v) is 2.49. The van der Waals surface area contributed by atoms with E-state index in [-0.39, 0.29) is 11.4 Å². The Balaban J connectivity index is 2.22. The van der Waals surface area contributed by atoms with E-state index >= 15 is 0 Å². The maximum absolute atomic E-state index is 13.5. The summed E-state index contributed by atoms with van der Waals surface area (Å²) in [5.41, 5.74) is 1.10. The molecule has 0 aliphatic carbocycles. The molecule has 2 aromatic rings. The lowest BCUT2D eigenvalue weighted by atomic mass is 10.2. The lowest BCUT2D eigenvalue weighted by Gasteiger charge is -2.07. The van der Waals surface area contributed by atoms with Gasteiger partial charge < -0.3 is 10.6 Å². The molecule has 1 amide bonds. The first-order valence-electron chi connectivity index (χ1n) is 5.67. The Labute approximate surface area is 109 Å². The first-order chi connectivity index (χ1) is 9.10. The standard InChI is InChI=1S/C13H13FN4O/c1-8-3-4-9(14)10(5-8)18-13(19)11-6-16-7-12(15-2)17-11/h3-7H,1-2H3,(H,15,17)(H,18,19). The zero-order chi connectivity index (χ0) is 13.8. The van der Waals surface area contributed by atoms with E-state index in [4.69, 9.17) is 0 Å². The molecule has 0 bridgehead atoms. The number of carbonyl (C=O) groups is 1. The summed E-state index contributed by atoms with van der Waals surface area (Å²) in [4.78, 5) is 19.8. The van der Waals surface area contributed by atoms with Crippen LogP contribution in [-0.2, 0) is 0 Å². The minimum absolute atomic E-state index is 0.118. The van der Waals surface area contributed by atoms with Crippen molar-refractivity contribution in [2.45, 2.75) is 6.92 Å². The number of carbonyl (C=O) groups excluding carboxylic acids is 1. The van der Waals surface area contributed by atoms with Crippen molar-refractivity contribution in [3.63, 3.8) is 0 Å². The van der Waals surface area contributed by atoms with Crippen LogP contribution in [0.15, 0.2) is 30.6 Å². The third-order valence-electron chi connectivity index (χ3n) is 2.49. The Morgan fingerprint density at radius 3 is 2.84 bits per heavy atom. The molecule has 0 aliphatic heterocycles. The molecule has 1 heterocycles. The first-order valence-corrected chi connectivity index (χ1v) is 5.67. The van der Waals surface area contributed by atoms with Gasteiger partial charge in [0.25, 0.3) is 5.91 Å². The maximum atomic E-state index is 13.5. The highest BCUT2D eigenvalue weighted by molar-refractivity contribution is 6.02. The van der Waals surface area contributed by atoms with Gasteiger partial charge in [-0.15, -0.1) is 0 Å². The van der Waals surface area contributed by atoms with Gasteiger partial charge in [0.15, 0.2) is 0 Å². The van der Waals surface area contributed by atoms with Crippen LogP contribution in [0.25, 0.3) is 0 Å². The van der Waals surface area contributed by atoms with Crippen LogP contribution in [0.4, 0.5) is 15.9 Å². The van der Waals surface area contributed by atoms with Gasteiger partial charge in [0.2, 0.25) is 0 Å². The quantitative estimate of drug-likeness (QED) is 0.888. The van der Waals surface area contributed by atoms with E-state index < -0.39 is 11.7 Å². The second-order valence-electron chi connectivity index (χ2n) is 3.98. The molecule has 19 heavy (non-hydrogen) atoms. The molecule has 0 unspecified atom stereocenters. The molecule has 0 saturated carbocycles. The molecule has 98 valence electrons. The van der Waals surface area contributed by atoms with Crippen LogP contribution in [0.1, 0.15) is 16.1 Å². The van der Waals surface area contributed by atoms with Gasteiger partial charge in [-0.05, 0) is 24.6 Å². The molecule has 6 heteroatoms. The summed E-state index contributed by atoms with van der Waals surface area (Å²) in [6.45, 7) is 1.82. The van der Waals surface area contributed by atoms with Crippen molar-refractivity contribution < 1.29 is 9.18 Å². The molecule has 0 radical (unpaired) electrons. The minimum atomic E-state index is -0.505. The maximum Gasteiger partial charge on any atom is 0.276 e. The predicted molar refractivity (Wildman–Crippen MR) is 70.7 cm³/mol. The van der Waals surface area contributed by atoms with Gasteiger partial charge >= 0.3 is 0 Å². The fraction of sp³-hybridized carbons (Fsp3) is 0.154. The number of rotatable bonds is 3. The number of hydrogen-bond acceptors (Lipinski definition) is 4. The van der Waals surface area contributed by atoms with E-state index in [1.54, 1.807) is 19.2 Å². The highest BCUT2D eigenvalue weighted by Crippen LogP contribution is 2.16. The number of benzene rings is 1. The summed E-state index contributed by atoms with van der Waals surface area (Å²) in [5, 5.41) is 5.25. The normalized spacial score (nSPS) is 10.1. The van der Waals surface area contributed by atoms with Crippen LogP contribution in [-0.4, -0.2) is 22.9 Å². The second-order valence-corrected chi connectivity index (χ2v) is 3.98. The van der Waals surface area contributed by atoms with Crippen LogP contribution in [0.5, 0.6) is 0 Å². The van der Waals surface area contributed by atoms with Crippen LogP contribution < -0.4 is 10.6 Å². The van der Waals surface area contributed by atoms with Crippen molar-refractivity contribution in [3.8, 4) is 0 Å². The monoisotopic (exact) mass is 260 g/mol. The SMILES string of the molecule is CNc1cncc(C(=O)Nc2cc(C)ccc2F)n1. The zero-order valence-corrected chi connectivity index (χ0v) is 10.6. The highest BCUT2D eigenvalue weighted by Gasteiger charge is 2.11. The molecule has 0 aliphatic rings. The Kier molecular flexibility index (Phi) is 3.70. The highest BCUT2D eigenvalue weighted by atomic mass is 19.1. The number of amides is 1. The third kappa shape index (κ3) is 3.04. The molecule has 1 aromatic carbocycles. The smallest absolute Gasteiger partial charge is 0.276 e. The van der Waals surface area contributed by atoms with Crippen LogP contribution in [0.3, 0.4) is 0 Å². The van der Waals surface area contributed by atoms with Gasteiger partial charge in [-0.3, -0.25) is 9.78 Å². The Morgan fingerprint density at radius 2 is 2.11 bits per heavy atom. The van der Waals surface area contributed by atoms with E-state index in [1.807, 2.05) is 6.92 Å². The van der Waals surface area contributed by atoms with E-state index in [0.29, 0.717) is 5.82 Å². The van der Waals surface area contributed by atoms with Gasteiger partial charge in [-0.1, -0.05) is 6.07 Å². The van der Waals surface area contributed by atoms with E-state index in [9.17, 15) is 9.18 Å². The molecular weight excluding hydrogens is 247 g/mol. The van der Waals surface area contributed by atoms with Crippen molar-refractivity contribution in [2.75, 3.05) is 17.7 Å². The van der Waals surface area contributed by atoms with Crippen molar-refractivity contribution in [1.29, 1.82) is 0 Å². The zero-order valence-electron chi connectivity index (χ0n) is 10.6. The molecule has 0 atom stereocenters. The Bertz CT molecular complexity index is 615. The van der Waals surface area contributed by atoms with Gasteiger partial charge in [0, 0.05) is 7.05 Å². The average molecular weight is 260 g/mol. The van der Waals surface area contributed by atoms with Gasteiger partial charge in [-0.2, -0.15) is 0 Å². The van der Waals surface area contributed by atoms with Gasteiger partial charge in [0.1, 0.15) is 17.3 Å². The van der Waals surface area contributed by atoms with Crippen molar-refractivity contribution in [3.05, 3.63) is 47.7 Å². The number of nitrogens with zero attached hydrogens (tertiary/aromatic N) is 2. The fourth-order valence-electron chi connectivity index (χ4n) is 1.52. The molecule has 2 rings (SSSR count). The molecule has 2 N–H and O–H groups in total. The first kappa shape index (κ1) is 12.9. The predicted octanol–water partition coefficient (Wildman–Crippen LogP) is 2.22. The number of nitrogens with one attached hydrogen (secondary N) is 2. The lowest BCUT2D eigenvalue weighted by Crippen LogP contribution is -2.15. The topological polar surface area (TPSA) is 66.9 Å². The van der Waals surface area contributed by atoms with Crippen LogP contribution in [0.2, 0.25) is 0 Å². The Morgan fingerprint density at radius 1 is 1.32 bits per heavy atom. The van der Waals surface area contributed by atoms with Crippen LogP contribution in [0, 0.1) is 12.7 Å². The molecule has 0 fully saturated rings. The summed E-state index contributed by atoms with van der Waals surface area (Å²) in [5.74, 6) is -0.525.